The van der Waals surface area contributed by atoms with Crippen LogP contribution in [-0.2, 0) is 19.1 Å². The molecular weight excluding hydrogens is 558 g/mol. The molecule has 11 nitrogen and oxygen atoms in total. The van der Waals surface area contributed by atoms with E-state index < -0.39 is 35.6 Å². The van der Waals surface area contributed by atoms with Crippen LogP contribution in [0.4, 0.5) is 9.93 Å². The Bertz CT molecular complexity index is 1450. The number of carbonyl (C=O) groups excluding carboxylic acids is 4. The van der Waals surface area contributed by atoms with Crippen LogP contribution in [0.2, 0.25) is 0 Å². The monoisotopic (exact) mass is 591 g/mol. The standard InChI is InChI=1S/C30H33N5O6S/c1-30(2,3)41-29(39)33-24(19-7-5-4-6-8-19)27(38)35-17-40-15-23(35)26(37)34-28-32-22(16-42-28)18-9-11-20(12-10-18)25(36)31-21-13-14-21/h4-12,16,21,23-24H,13-15,17H2,1-3H3,(H,31,36)(H,33,39)(H,32,34,37)/t23-,24+/m0/s1. The van der Waals surface area contributed by atoms with Crippen LogP contribution < -0.4 is 16.0 Å². The molecule has 220 valence electrons. The second kappa shape index (κ2) is 12.3. The van der Waals surface area contributed by atoms with Gasteiger partial charge in [0.1, 0.15) is 24.4 Å². The molecule has 2 aliphatic rings. The van der Waals surface area contributed by atoms with E-state index in [0.29, 0.717) is 22.0 Å². The highest BCUT2D eigenvalue weighted by Gasteiger charge is 2.40. The van der Waals surface area contributed by atoms with Crippen molar-refractivity contribution in [2.45, 2.75) is 57.3 Å². The van der Waals surface area contributed by atoms with Crippen molar-refractivity contribution in [3.05, 3.63) is 71.1 Å². The number of nitrogens with zero attached hydrogens (tertiary/aromatic N) is 2. The highest BCUT2D eigenvalue weighted by molar-refractivity contribution is 7.14. The number of hydrogen-bond acceptors (Lipinski definition) is 8. The van der Waals surface area contributed by atoms with E-state index in [1.165, 1.54) is 16.2 Å². The first-order chi connectivity index (χ1) is 20.1. The lowest BCUT2D eigenvalue weighted by atomic mass is 10.0. The number of benzene rings is 2. The molecule has 0 unspecified atom stereocenters. The van der Waals surface area contributed by atoms with E-state index in [1.807, 2.05) is 12.1 Å². The highest BCUT2D eigenvalue weighted by Crippen LogP contribution is 2.27. The molecule has 1 saturated heterocycles. The molecular formula is C30H33N5O6S. The van der Waals surface area contributed by atoms with Crippen LogP contribution in [0.1, 0.15) is 55.6 Å². The van der Waals surface area contributed by atoms with Gasteiger partial charge in [0.25, 0.3) is 17.7 Å². The Kier molecular flexibility index (Phi) is 8.55. The Morgan fingerprint density at radius 3 is 2.43 bits per heavy atom. The highest BCUT2D eigenvalue weighted by atomic mass is 32.1. The molecule has 3 aromatic rings. The van der Waals surface area contributed by atoms with E-state index in [2.05, 4.69) is 20.9 Å². The smallest absolute Gasteiger partial charge is 0.408 e. The summed E-state index contributed by atoms with van der Waals surface area (Å²) < 4.78 is 10.9. The van der Waals surface area contributed by atoms with Crippen molar-refractivity contribution in [2.75, 3.05) is 18.7 Å². The summed E-state index contributed by atoms with van der Waals surface area (Å²) in [6.07, 6.45) is 1.29. The Labute approximate surface area is 247 Å². The molecule has 4 amide bonds. The van der Waals surface area contributed by atoms with Gasteiger partial charge in [-0.25, -0.2) is 9.78 Å². The number of hydrogen-bond donors (Lipinski definition) is 3. The summed E-state index contributed by atoms with van der Waals surface area (Å²) in [5, 5.41) is 10.6. The number of nitrogens with one attached hydrogen (secondary N) is 3. The van der Waals surface area contributed by atoms with Crippen LogP contribution in [0.25, 0.3) is 11.3 Å². The fraction of sp³-hybridized carbons (Fsp3) is 0.367. The normalized spacial score (nSPS) is 17.3. The third-order valence-corrected chi connectivity index (χ3v) is 7.36. The first kappa shape index (κ1) is 29.2. The summed E-state index contributed by atoms with van der Waals surface area (Å²) in [6, 6.07) is 14.1. The lowest BCUT2D eigenvalue weighted by molar-refractivity contribution is -0.139. The van der Waals surface area contributed by atoms with Gasteiger partial charge in [0.05, 0.1) is 12.3 Å². The van der Waals surface area contributed by atoms with E-state index in [4.69, 9.17) is 9.47 Å². The summed E-state index contributed by atoms with van der Waals surface area (Å²) in [5.41, 5.74) is 1.81. The van der Waals surface area contributed by atoms with Crippen LogP contribution in [0.15, 0.2) is 60.0 Å². The Balaban J connectivity index is 1.25. The predicted octanol–water partition coefficient (Wildman–Crippen LogP) is 4.09. The molecule has 42 heavy (non-hydrogen) atoms. The molecule has 3 N–H and O–H groups in total. The summed E-state index contributed by atoms with van der Waals surface area (Å²) in [7, 11) is 0. The van der Waals surface area contributed by atoms with Gasteiger partial charge >= 0.3 is 6.09 Å². The van der Waals surface area contributed by atoms with E-state index in [-0.39, 0.29) is 25.3 Å². The number of rotatable bonds is 8. The number of ether oxygens (including phenoxy) is 2. The summed E-state index contributed by atoms with van der Waals surface area (Å²) in [4.78, 5) is 57.6. The van der Waals surface area contributed by atoms with Crippen molar-refractivity contribution < 1.29 is 28.7 Å². The van der Waals surface area contributed by atoms with Gasteiger partial charge in [-0.05, 0) is 51.3 Å². The summed E-state index contributed by atoms with van der Waals surface area (Å²) in [5.74, 6) is -1.06. The van der Waals surface area contributed by atoms with E-state index in [0.717, 1.165) is 18.4 Å². The van der Waals surface area contributed by atoms with E-state index in [9.17, 15) is 19.2 Å². The molecule has 2 atom stereocenters. The molecule has 5 rings (SSSR count). The van der Waals surface area contributed by atoms with Gasteiger partial charge in [0.2, 0.25) is 0 Å². The van der Waals surface area contributed by atoms with Crippen molar-refractivity contribution >= 4 is 40.3 Å². The number of aromatic nitrogens is 1. The predicted molar refractivity (Wildman–Crippen MR) is 157 cm³/mol. The zero-order valence-electron chi connectivity index (χ0n) is 23.6. The summed E-state index contributed by atoms with van der Waals surface area (Å²) >= 11 is 1.24. The van der Waals surface area contributed by atoms with Crippen LogP contribution in [0.5, 0.6) is 0 Å². The zero-order chi connectivity index (χ0) is 29.9. The van der Waals surface area contributed by atoms with Gasteiger partial charge < -0.3 is 30.3 Å². The van der Waals surface area contributed by atoms with Crippen LogP contribution in [-0.4, -0.2) is 64.7 Å². The SMILES string of the molecule is CC(C)(C)OC(=O)N[C@@H](C(=O)N1COC[C@H]1C(=O)Nc1nc(-c2ccc(C(=O)NC3CC3)cc2)cs1)c1ccccc1. The molecule has 2 aromatic carbocycles. The van der Waals surface area contributed by atoms with Crippen LogP contribution >= 0.6 is 11.3 Å². The van der Waals surface area contributed by atoms with Gasteiger partial charge in [-0.1, -0.05) is 42.5 Å². The minimum atomic E-state index is -1.08. The van der Waals surface area contributed by atoms with Crippen molar-refractivity contribution in [1.29, 1.82) is 0 Å². The number of anilines is 1. The zero-order valence-corrected chi connectivity index (χ0v) is 24.4. The third kappa shape index (κ3) is 7.31. The molecule has 0 radical (unpaired) electrons. The Morgan fingerprint density at radius 2 is 1.76 bits per heavy atom. The average molecular weight is 592 g/mol. The topological polar surface area (TPSA) is 139 Å². The molecule has 0 spiro atoms. The maximum absolute atomic E-state index is 13.7. The van der Waals surface area contributed by atoms with Gasteiger partial charge in [0, 0.05) is 22.5 Å². The molecule has 1 aliphatic carbocycles. The van der Waals surface area contributed by atoms with Crippen molar-refractivity contribution in [3.63, 3.8) is 0 Å². The number of amides is 4. The second-order valence-electron chi connectivity index (χ2n) is 11.2. The second-order valence-corrected chi connectivity index (χ2v) is 12.0. The van der Waals surface area contributed by atoms with Crippen molar-refractivity contribution in [2.24, 2.45) is 0 Å². The van der Waals surface area contributed by atoms with Gasteiger partial charge in [-0.3, -0.25) is 14.4 Å². The molecule has 0 bridgehead atoms. The maximum atomic E-state index is 13.7. The molecule has 12 heteroatoms. The lowest BCUT2D eigenvalue weighted by Crippen LogP contribution is -2.50. The van der Waals surface area contributed by atoms with Gasteiger partial charge in [-0.15, -0.1) is 11.3 Å². The third-order valence-electron chi connectivity index (χ3n) is 6.60. The van der Waals surface area contributed by atoms with Crippen LogP contribution in [0.3, 0.4) is 0 Å². The number of carbonyl (C=O) groups is 4. The van der Waals surface area contributed by atoms with Gasteiger partial charge in [0.15, 0.2) is 5.13 Å². The van der Waals surface area contributed by atoms with Gasteiger partial charge in [-0.2, -0.15) is 0 Å². The molecule has 2 heterocycles. The van der Waals surface area contributed by atoms with E-state index in [1.54, 1.807) is 68.6 Å². The molecule has 1 aromatic heterocycles. The fourth-order valence-electron chi connectivity index (χ4n) is 4.34. The number of thiazole rings is 1. The number of alkyl carbamates (subject to hydrolysis) is 1. The first-order valence-electron chi connectivity index (χ1n) is 13.7. The molecule has 2 fully saturated rings. The fourth-order valence-corrected chi connectivity index (χ4v) is 5.07. The summed E-state index contributed by atoms with van der Waals surface area (Å²) in [6.45, 7) is 5.07. The van der Waals surface area contributed by atoms with E-state index >= 15 is 0 Å². The Morgan fingerprint density at radius 1 is 1.05 bits per heavy atom. The first-order valence-corrected chi connectivity index (χ1v) is 14.6. The molecule has 1 saturated carbocycles. The Hall–Kier alpha value is -4.29. The minimum absolute atomic E-state index is 0.00582. The van der Waals surface area contributed by atoms with Crippen molar-refractivity contribution in [3.8, 4) is 11.3 Å². The van der Waals surface area contributed by atoms with Crippen LogP contribution in [0, 0.1) is 0 Å². The quantitative estimate of drug-likeness (QED) is 0.359. The largest absolute Gasteiger partial charge is 0.444 e. The van der Waals surface area contributed by atoms with Crippen molar-refractivity contribution in [1.82, 2.24) is 20.5 Å². The molecule has 1 aliphatic heterocycles. The maximum Gasteiger partial charge on any atom is 0.408 e. The average Bonchev–Trinajstić information content (AvgIpc) is 3.42. The lowest BCUT2D eigenvalue weighted by Gasteiger charge is -2.28. The minimum Gasteiger partial charge on any atom is -0.444 e.